The van der Waals surface area contributed by atoms with Crippen molar-refractivity contribution in [3.8, 4) is 0 Å². The Morgan fingerprint density at radius 1 is 1.12 bits per heavy atom. The second-order valence-electron chi connectivity index (χ2n) is 5.02. The molecule has 0 spiro atoms. The molecule has 2 heterocycles. The van der Waals surface area contributed by atoms with Crippen molar-refractivity contribution >= 4 is 0 Å². The van der Waals surface area contributed by atoms with Crippen molar-refractivity contribution in [3.05, 3.63) is 11.1 Å². The average molecular weight is 242 g/mol. The lowest BCUT2D eigenvalue weighted by Crippen LogP contribution is -2.48. The van der Waals surface area contributed by atoms with Crippen LogP contribution in [0.2, 0.25) is 0 Å². The summed E-state index contributed by atoms with van der Waals surface area (Å²) in [5.41, 5.74) is 1.14. The van der Waals surface area contributed by atoms with Gasteiger partial charge in [0.2, 0.25) is 0 Å². The van der Waals surface area contributed by atoms with Gasteiger partial charge in [-0.3, -0.25) is 0 Å². The van der Waals surface area contributed by atoms with Gasteiger partial charge in [-0.1, -0.05) is 13.3 Å². The summed E-state index contributed by atoms with van der Waals surface area (Å²) < 4.78 is 10.8. The molecule has 5 heteroatoms. The molecular formula is C12H18O5. The SMILES string of the molecule is CCC[C@H]1OCC2=C([C@H]1O)[C@H](O)[C@H]1O[C@H]1[C@@H]2O. The quantitative estimate of drug-likeness (QED) is 0.442. The highest BCUT2D eigenvalue weighted by molar-refractivity contribution is 5.37. The fraction of sp³-hybridized carbons (Fsp3) is 0.833. The maximum Gasteiger partial charge on any atom is 0.117 e. The minimum Gasteiger partial charge on any atom is -0.386 e. The van der Waals surface area contributed by atoms with E-state index in [1.807, 2.05) is 6.92 Å². The molecule has 1 aliphatic carbocycles. The molecule has 3 rings (SSSR count). The minimum atomic E-state index is -0.825. The van der Waals surface area contributed by atoms with Crippen molar-refractivity contribution in [3.63, 3.8) is 0 Å². The van der Waals surface area contributed by atoms with Crippen LogP contribution < -0.4 is 0 Å². The first-order chi connectivity index (χ1) is 8.15. The molecule has 0 saturated carbocycles. The number of ether oxygens (including phenoxy) is 2. The van der Waals surface area contributed by atoms with Gasteiger partial charge >= 0.3 is 0 Å². The van der Waals surface area contributed by atoms with E-state index in [1.165, 1.54) is 0 Å². The summed E-state index contributed by atoms with van der Waals surface area (Å²) in [6.45, 7) is 2.30. The van der Waals surface area contributed by atoms with Crippen LogP contribution in [-0.2, 0) is 9.47 Å². The zero-order valence-electron chi connectivity index (χ0n) is 9.74. The number of hydrogen-bond acceptors (Lipinski definition) is 5. The third-order valence-corrected chi connectivity index (χ3v) is 3.93. The molecule has 0 amide bonds. The van der Waals surface area contributed by atoms with Gasteiger partial charge < -0.3 is 24.8 Å². The Hall–Kier alpha value is -0.460. The molecule has 0 radical (unpaired) electrons. The summed E-state index contributed by atoms with van der Waals surface area (Å²) in [4.78, 5) is 0. The van der Waals surface area contributed by atoms with Crippen LogP contribution in [0.3, 0.4) is 0 Å². The van der Waals surface area contributed by atoms with Crippen molar-refractivity contribution in [2.45, 2.75) is 56.4 Å². The van der Waals surface area contributed by atoms with Gasteiger partial charge in [0.25, 0.3) is 0 Å². The lowest BCUT2D eigenvalue weighted by molar-refractivity contribution is -0.0522. The molecule has 0 aromatic rings. The molecule has 17 heavy (non-hydrogen) atoms. The first-order valence-electron chi connectivity index (χ1n) is 6.19. The third kappa shape index (κ3) is 1.65. The Morgan fingerprint density at radius 3 is 2.53 bits per heavy atom. The lowest BCUT2D eigenvalue weighted by atomic mass is 9.81. The summed E-state index contributed by atoms with van der Waals surface area (Å²) in [5.74, 6) is 0. The van der Waals surface area contributed by atoms with E-state index >= 15 is 0 Å². The molecule has 1 fully saturated rings. The molecular weight excluding hydrogens is 224 g/mol. The number of rotatable bonds is 2. The zero-order valence-corrected chi connectivity index (χ0v) is 9.74. The minimum absolute atomic E-state index is 0.280. The summed E-state index contributed by atoms with van der Waals surface area (Å²) in [5, 5.41) is 30.3. The highest BCUT2D eigenvalue weighted by Gasteiger charge is 2.58. The molecule has 3 aliphatic rings. The number of hydrogen-bond donors (Lipinski definition) is 3. The second kappa shape index (κ2) is 4.03. The lowest BCUT2D eigenvalue weighted by Gasteiger charge is -2.37. The first kappa shape index (κ1) is 11.6. The summed E-state index contributed by atoms with van der Waals surface area (Å²) in [6, 6.07) is 0. The van der Waals surface area contributed by atoms with E-state index in [-0.39, 0.29) is 24.9 Å². The normalized spacial score (nSPS) is 48.7. The predicted octanol–water partition coefficient (Wildman–Crippen LogP) is -0.654. The van der Waals surface area contributed by atoms with Crippen molar-refractivity contribution in [1.82, 2.24) is 0 Å². The topological polar surface area (TPSA) is 82.5 Å². The van der Waals surface area contributed by atoms with Gasteiger partial charge in [0.05, 0.1) is 12.7 Å². The zero-order chi connectivity index (χ0) is 12.2. The molecule has 0 aromatic carbocycles. The van der Waals surface area contributed by atoms with Gasteiger partial charge in [0.1, 0.15) is 30.5 Å². The van der Waals surface area contributed by atoms with Gasteiger partial charge in [-0.25, -0.2) is 0 Å². The fourth-order valence-corrected chi connectivity index (χ4v) is 2.93. The number of epoxide rings is 1. The summed E-state index contributed by atoms with van der Waals surface area (Å²) >= 11 is 0. The molecule has 0 unspecified atom stereocenters. The molecule has 96 valence electrons. The van der Waals surface area contributed by atoms with Crippen molar-refractivity contribution in [1.29, 1.82) is 0 Å². The van der Waals surface area contributed by atoms with Crippen molar-refractivity contribution in [2.75, 3.05) is 6.61 Å². The van der Waals surface area contributed by atoms with E-state index in [2.05, 4.69) is 0 Å². The van der Waals surface area contributed by atoms with Crippen LogP contribution in [0.1, 0.15) is 19.8 Å². The standard InChI is InChI=1S/C12H18O5/c1-2-3-6-9(14)7-5(4-16-6)8(13)11-12(17-11)10(7)15/h6,8-15H,2-4H2,1H3/t6-,8-,9+,10+,11+,12-/m1/s1. The fourth-order valence-electron chi connectivity index (χ4n) is 2.93. The van der Waals surface area contributed by atoms with Crippen LogP contribution in [0, 0.1) is 0 Å². The maximum atomic E-state index is 10.2. The molecule has 1 saturated heterocycles. The highest BCUT2D eigenvalue weighted by Crippen LogP contribution is 2.44. The van der Waals surface area contributed by atoms with Crippen LogP contribution >= 0.6 is 0 Å². The van der Waals surface area contributed by atoms with Gasteiger partial charge in [-0.2, -0.15) is 0 Å². The average Bonchev–Trinajstić information content (AvgIpc) is 3.09. The smallest absolute Gasteiger partial charge is 0.117 e. The van der Waals surface area contributed by atoms with E-state index in [0.717, 1.165) is 12.8 Å². The van der Waals surface area contributed by atoms with Crippen LogP contribution in [-0.4, -0.2) is 58.6 Å². The molecule has 3 N–H and O–H groups in total. The van der Waals surface area contributed by atoms with E-state index in [0.29, 0.717) is 11.1 Å². The largest absolute Gasteiger partial charge is 0.386 e. The number of fused-ring (bicyclic) bond motifs is 1. The maximum absolute atomic E-state index is 10.2. The van der Waals surface area contributed by atoms with Crippen LogP contribution in [0.25, 0.3) is 0 Å². The number of aliphatic hydroxyl groups excluding tert-OH is 3. The Morgan fingerprint density at radius 2 is 1.82 bits per heavy atom. The van der Waals surface area contributed by atoms with E-state index in [1.54, 1.807) is 0 Å². The van der Waals surface area contributed by atoms with Gasteiger partial charge in [-0.05, 0) is 17.6 Å². The van der Waals surface area contributed by atoms with Crippen LogP contribution in [0.5, 0.6) is 0 Å². The third-order valence-electron chi connectivity index (χ3n) is 3.93. The first-order valence-corrected chi connectivity index (χ1v) is 6.19. The van der Waals surface area contributed by atoms with E-state index in [9.17, 15) is 15.3 Å². The molecule has 0 bridgehead atoms. The summed E-state index contributed by atoms with van der Waals surface area (Å²) in [7, 11) is 0. The Bertz CT molecular complexity index is 353. The highest BCUT2D eigenvalue weighted by atomic mass is 16.6. The van der Waals surface area contributed by atoms with Gasteiger partial charge in [0.15, 0.2) is 0 Å². The van der Waals surface area contributed by atoms with Crippen molar-refractivity contribution < 1.29 is 24.8 Å². The number of aliphatic hydroxyl groups is 3. The predicted molar refractivity (Wildman–Crippen MR) is 58.4 cm³/mol. The van der Waals surface area contributed by atoms with E-state index in [4.69, 9.17) is 9.47 Å². The van der Waals surface area contributed by atoms with Gasteiger partial charge in [-0.15, -0.1) is 0 Å². The van der Waals surface area contributed by atoms with Crippen molar-refractivity contribution in [2.24, 2.45) is 0 Å². The molecule has 6 atom stereocenters. The van der Waals surface area contributed by atoms with Crippen LogP contribution in [0.4, 0.5) is 0 Å². The molecule has 5 nitrogen and oxygen atoms in total. The Kier molecular flexibility index (Phi) is 2.76. The molecule has 2 aliphatic heterocycles. The van der Waals surface area contributed by atoms with Gasteiger partial charge in [0, 0.05) is 0 Å². The Labute approximate surface area is 99.7 Å². The van der Waals surface area contributed by atoms with E-state index < -0.39 is 18.3 Å². The Balaban J connectivity index is 1.89. The second-order valence-corrected chi connectivity index (χ2v) is 5.02. The molecule has 0 aromatic heterocycles. The summed E-state index contributed by atoms with van der Waals surface area (Å²) in [6.07, 6.45) is -1.65. The monoisotopic (exact) mass is 242 g/mol. The van der Waals surface area contributed by atoms with Crippen LogP contribution in [0.15, 0.2) is 11.1 Å².